The molecule has 0 bridgehead atoms. The molecule has 0 atom stereocenters. The number of aromatic nitrogens is 2. The van der Waals surface area contributed by atoms with Crippen LogP contribution in [0.25, 0.3) is 11.0 Å². The highest BCUT2D eigenvalue weighted by atomic mass is 127. The van der Waals surface area contributed by atoms with Crippen LogP contribution in [0, 0.1) is 0 Å². The molecule has 1 aliphatic carbocycles. The molecule has 1 saturated carbocycles. The van der Waals surface area contributed by atoms with Crippen LogP contribution >= 0.6 is 24.0 Å². The third kappa shape index (κ3) is 6.32. The first-order valence-corrected chi connectivity index (χ1v) is 11.5. The van der Waals surface area contributed by atoms with Gasteiger partial charge in [0.1, 0.15) is 5.82 Å². The second kappa shape index (κ2) is 12.0. The molecule has 2 aromatic rings. The van der Waals surface area contributed by atoms with Crippen LogP contribution < -0.4 is 10.6 Å². The predicted molar refractivity (Wildman–Crippen MR) is 137 cm³/mol. The lowest BCUT2D eigenvalue weighted by molar-refractivity contribution is -0.0352. The van der Waals surface area contributed by atoms with Crippen molar-refractivity contribution in [2.75, 3.05) is 46.4 Å². The van der Waals surface area contributed by atoms with Crippen molar-refractivity contribution in [2.24, 2.45) is 4.99 Å². The molecule has 1 aromatic heterocycles. The molecule has 1 aromatic carbocycles. The van der Waals surface area contributed by atoms with Crippen LogP contribution in [0.2, 0.25) is 0 Å². The van der Waals surface area contributed by atoms with Crippen molar-refractivity contribution >= 4 is 41.0 Å². The van der Waals surface area contributed by atoms with Gasteiger partial charge in [0.15, 0.2) is 5.96 Å². The molecule has 0 unspecified atom stereocenters. The molecule has 1 saturated heterocycles. The Morgan fingerprint density at radius 3 is 2.68 bits per heavy atom. The Labute approximate surface area is 202 Å². The van der Waals surface area contributed by atoms with Crippen LogP contribution in [0.15, 0.2) is 29.3 Å². The first-order valence-electron chi connectivity index (χ1n) is 11.5. The molecule has 3 N–H and O–H groups in total. The number of nitrogens with zero attached hydrogens (tertiary/aromatic N) is 3. The number of rotatable bonds is 7. The number of ether oxygens (including phenoxy) is 1. The number of imidazole rings is 1. The van der Waals surface area contributed by atoms with Crippen LogP contribution in [0.5, 0.6) is 0 Å². The van der Waals surface area contributed by atoms with E-state index >= 15 is 0 Å². The van der Waals surface area contributed by atoms with Crippen LogP contribution in [0.4, 0.5) is 0 Å². The van der Waals surface area contributed by atoms with Gasteiger partial charge in [-0.15, -0.1) is 24.0 Å². The Bertz CT molecular complexity index is 793. The van der Waals surface area contributed by atoms with E-state index in [2.05, 4.69) is 42.6 Å². The summed E-state index contributed by atoms with van der Waals surface area (Å²) in [4.78, 5) is 15.2. The predicted octanol–water partition coefficient (Wildman–Crippen LogP) is 3.31. The number of aliphatic imine (C=N–C) groups is 1. The van der Waals surface area contributed by atoms with Crippen LogP contribution in [0.1, 0.15) is 44.3 Å². The third-order valence-corrected chi connectivity index (χ3v) is 6.60. The molecule has 1 aliphatic heterocycles. The smallest absolute Gasteiger partial charge is 0.191 e. The summed E-state index contributed by atoms with van der Waals surface area (Å²) in [5, 5.41) is 7.12. The van der Waals surface area contributed by atoms with Gasteiger partial charge in [0.05, 0.1) is 24.2 Å². The standard InChI is InChI=1S/C23H36N6O.HI/c1-24-22(25-13-7-10-21-27-19-8-3-4-9-20(19)28-21)26-18-23(11-5-2-6-12-23)29-14-16-30-17-15-29;/h3-4,8-9H,2,5-7,10-18H2,1H3,(H,27,28)(H2,24,25,26);1H. The molecule has 4 rings (SSSR count). The summed E-state index contributed by atoms with van der Waals surface area (Å²) in [6, 6.07) is 8.19. The number of para-hydroxylation sites is 2. The van der Waals surface area contributed by atoms with E-state index < -0.39 is 0 Å². The highest BCUT2D eigenvalue weighted by Gasteiger charge is 2.38. The zero-order valence-electron chi connectivity index (χ0n) is 18.7. The Morgan fingerprint density at radius 2 is 1.94 bits per heavy atom. The summed E-state index contributed by atoms with van der Waals surface area (Å²) in [6.45, 7) is 5.64. The molecule has 2 fully saturated rings. The average molecular weight is 540 g/mol. The van der Waals surface area contributed by atoms with Crippen LogP contribution in [-0.4, -0.2) is 72.8 Å². The number of morpholine rings is 1. The SMILES string of the molecule is CN=C(NCCCc1nc2ccccc2[nH]1)NCC1(N2CCOCC2)CCCCC1.I. The van der Waals surface area contributed by atoms with E-state index in [1.165, 1.54) is 32.1 Å². The summed E-state index contributed by atoms with van der Waals surface area (Å²) < 4.78 is 5.60. The summed E-state index contributed by atoms with van der Waals surface area (Å²) >= 11 is 0. The van der Waals surface area contributed by atoms with Crippen molar-refractivity contribution in [3.8, 4) is 0 Å². The van der Waals surface area contributed by atoms with Gasteiger partial charge in [0.25, 0.3) is 0 Å². The quantitative estimate of drug-likeness (QED) is 0.218. The minimum Gasteiger partial charge on any atom is -0.379 e. The number of H-pyrrole nitrogens is 1. The van der Waals surface area contributed by atoms with Crippen molar-refractivity contribution in [1.82, 2.24) is 25.5 Å². The molecule has 2 aliphatic rings. The maximum atomic E-state index is 5.60. The van der Waals surface area contributed by atoms with Gasteiger partial charge in [-0.2, -0.15) is 0 Å². The van der Waals surface area contributed by atoms with Crippen molar-refractivity contribution < 1.29 is 4.74 Å². The van der Waals surface area contributed by atoms with Gasteiger partial charge in [-0.3, -0.25) is 9.89 Å². The highest BCUT2D eigenvalue weighted by Crippen LogP contribution is 2.33. The Balaban J connectivity index is 0.00000272. The second-order valence-corrected chi connectivity index (χ2v) is 8.54. The number of aryl methyl sites for hydroxylation is 1. The summed E-state index contributed by atoms with van der Waals surface area (Å²) in [7, 11) is 1.86. The summed E-state index contributed by atoms with van der Waals surface area (Å²) in [5.74, 6) is 1.95. The van der Waals surface area contributed by atoms with Gasteiger partial charge in [-0.25, -0.2) is 4.98 Å². The number of benzene rings is 1. The van der Waals surface area contributed by atoms with E-state index in [1.807, 2.05) is 19.2 Å². The Hall–Kier alpha value is -1.39. The number of fused-ring (bicyclic) bond motifs is 1. The van der Waals surface area contributed by atoms with E-state index in [4.69, 9.17) is 4.74 Å². The summed E-state index contributed by atoms with van der Waals surface area (Å²) in [5.41, 5.74) is 2.39. The number of guanidine groups is 1. The maximum absolute atomic E-state index is 5.60. The highest BCUT2D eigenvalue weighted by molar-refractivity contribution is 14.0. The van der Waals surface area contributed by atoms with E-state index in [0.717, 1.165) is 75.1 Å². The zero-order valence-corrected chi connectivity index (χ0v) is 21.0. The van der Waals surface area contributed by atoms with E-state index in [1.54, 1.807) is 0 Å². The Morgan fingerprint density at radius 1 is 1.16 bits per heavy atom. The fourth-order valence-corrected chi connectivity index (χ4v) is 4.91. The van der Waals surface area contributed by atoms with Gasteiger partial charge in [-0.05, 0) is 31.4 Å². The molecular formula is C23H37IN6O. The molecule has 0 radical (unpaired) electrons. The third-order valence-electron chi connectivity index (χ3n) is 6.60. The normalized spacial score (nSPS) is 19.7. The first-order chi connectivity index (χ1) is 14.8. The number of nitrogens with one attached hydrogen (secondary N) is 3. The van der Waals surface area contributed by atoms with Crippen LogP contribution in [-0.2, 0) is 11.2 Å². The van der Waals surface area contributed by atoms with Gasteiger partial charge < -0.3 is 20.4 Å². The molecule has 172 valence electrons. The number of halogens is 1. The fourth-order valence-electron chi connectivity index (χ4n) is 4.91. The lowest BCUT2D eigenvalue weighted by atomic mass is 9.80. The maximum Gasteiger partial charge on any atom is 0.191 e. The monoisotopic (exact) mass is 540 g/mol. The minimum atomic E-state index is 0. The number of hydrogen-bond acceptors (Lipinski definition) is 4. The fraction of sp³-hybridized carbons (Fsp3) is 0.652. The zero-order chi connectivity index (χ0) is 20.7. The largest absolute Gasteiger partial charge is 0.379 e. The molecule has 7 nitrogen and oxygen atoms in total. The minimum absolute atomic E-state index is 0. The number of hydrogen-bond donors (Lipinski definition) is 3. The Kier molecular flexibility index (Phi) is 9.40. The lowest BCUT2D eigenvalue weighted by Gasteiger charge is -2.48. The van der Waals surface area contributed by atoms with Gasteiger partial charge in [0, 0.05) is 45.2 Å². The topological polar surface area (TPSA) is 77.6 Å². The van der Waals surface area contributed by atoms with Gasteiger partial charge in [0.2, 0.25) is 0 Å². The van der Waals surface area contributed by atoms with Gasteiger partial charge in [-0.1, -0.05) is 31.4 Å². The van der Waals surface area contributed by atoms with E-state index in [9.17, 15) is 0 Å². The molecule has 31 heavy (non-hydrogen) atoms. The van der Waals surface area contributed by atoms with Gasteiger partial charge >= 0.3 is 0 Å². The van der Waals surface area contributed by atoms with E-state index in [0.29, 0.717) is 0 Å². The average Bonchev–Trinajstić information content (AvgIpc) is 3.23. The van der Waals surface area contributed by atoms with Crippen molar-refractivity contribution in [2.45, 2.75) is 50.5 Å². The second-order valence-electron chi connectivity index (χ2n) is 8.54. The van der Waals surface area contributed by atoms with Crippen molar-refractivity contribution in [1.29, 1.82) is 0 Å². The molecule has 0 amide bonds. The van der Waals surface area contributed by atoms with Crippen molar-refractivity contribution in [3.63, 3.8) is 0 Å². The first kappa shape index (κ1) is 24.3. The lowest BCUT2D eigenvalue weighted by Crippen LogP contribution is -2.60. The number of aromatic amines is 1. The molecule has 0 spiro atoms. The van der Waals surface area contributed by atoms with Crippen molar-refractivity contribution in [3.05, 3.63) is 30.1 Å². The molecular weight excluding hydrogens is 503 g/mol. The van der Waals surface area contributed by atoms with E-state index in [-0.39, 0.29) is 29.5 Å². The van der Waals surface area contributed by atoms with Crippen LogP contribution in [0.3, 0.4) is 0 Å². The molecule has 8 heteroatoms. The summed E-state index contributed by atoms with van der Waals surface area (Å²) in [6.07, 6.45) is 8.48. The molecule has 2 heterocycles.